The van der Waals surface area contributed by atoms with Gasteiger partial charge in [-0.15, -0.1) is 0 Å². The van der Waals surface area contributed by atoms with Gasteiger partial charge in [-0.05, 0) is 12.1 Å². The smallest absolute Gasteiger partial charge is 0.269 e. The zero-order chi connectivity index (χ0) is 22.4. The van der Waals surface area contributed by atoms with Crippen LogP contribution in [0.2, 0.25) is 0 Å². The van der Waals surface area contributed by atoms with Gasteiger partial charge in [-0.3, -0.25) is 19.8 Å². The first-order valence-electron chi connectivity index (χ1n) is 9.63. The number of benzene rings is 2. The molecule has 0 unspecified atom stereocenters. The van der Waals surface area contributed by atoms with Crippen LogP contribution < -0.4 is 19.7 Å². The Bertz CT molecular complexity index is 994. The summed E-state index contributed by atoms with van der Waals surface area (Å²) in [4.78, 5) is 27.1. The highest BCUT2D eigenvalue weighted by atomic mass is 16.6. The van der Waals surface area contributed by atoms with Crippen LogP contribution in [-0.2, 0) is 4.79 Å². The molecule has 2 aromatic rings. The van der Waals surface area contributed by atoms with Crippen molar-refractivity contribution < 1.29 is 19.2 Å². The third-order valence-electron chi connectivity index (χ3n) is 5.08. The van der Waals surface area contributed by atoms with E-state index in [1.165, 1.54) is 32.4 Å². The number of hydrogen-bond acceptors (Lipinski definition) is 8. The Morgan fingerprint density at radius 1 is 1.13 bits per heavy atom. The molecule has 10 heteroatoms. The number of nitro benzene ring substituents is 1. The number of amides is 1. The number of ether oxygens (including phenoxy) is 2. The summed E-state index contributed by atoms with van der Waals surface area (Å²) in [7, 11) is 2.97. The number of nitrogens with zero attached hydrogens (tertiary/aromatic N) is 4. The van der Waals surface area contributed by atoms with E-state index in [0.29, 0.717) is 43.4 Å². The predicted molar refractivity (Wildman–Crippen MR) is 115 cm³/mol. The van der Waals surface area contributed by atoms with Crippen LogP contribution in [0.25, 0.3) is 0 Å². The molecule has 1 fully saturated rings. The van der Waals surface area contributed by atoms with Crippen LogP contribution in [0.3, 0.4) is 0 Å². The van der Waals surface area contributed by atoms with Gasteiger partial charge in [0.1, 0.15) is 6.07 Å². The molecule has 3 rings (SSSR count). The molecule has 162 valence electrons. The van der Waals surface area contributed by atoms with E-state index in [2.05, 4.69) is 16.3 Å². The Balaban J connectivity index is 1.57. The van der Waals surface area contributed by atoms with E-state index in [-0.39, 0.29) is 23.7 Å². The molecule has 0 aliphatic carbocycles. The molecule has 10 nitrogen and oxygen atoms in total. The number of nitriles is 1. The maximum atomic E-state index is 12.5. The molecule has 1 heterocycles. The van der Waals surface area contributed by atoms with Crippen molar-refractivity contribution in [2.45, 2.75) is 0 Å². The average Bonchev–Trinajstić information content (AvgIpc) is 2.79. The Hall–Kier alpha value is -3.84. The zero-order valence-electron chi connectivity index (χ0n) is 17.3. The third kappa shape index (κ3) is 5.21. The fraction of sp³-hybridized carbons (Fsp3) is 0.333. The van der Waals surface area contributed by atoms with Gasteiger partial charge in [-0.1, -0.05) is 0 Å². The first kappa shape index (κ1) is 21.9. The Morgan fingerprint density at radius 3 is 2.29 bits per heavy atom. The number of nitrogens with one attached hydrogen (secondary N) is 1. The molecule has 1 N–H and O–H groups in total. The molecule has 0 bridgehead atoms. The number of rotatable bonds is 7. The summed E-state index contributed by atoms with van der Waals surface area (Å²) in [5, 5.41) is 22.9. The fourth-order valence-electron chi connectivity index (χ4n) is 3.42. The summed E-state index contributed by atoms with van der Waals surface area (Å²) in [6, 6.07) is 11.6. The Kier molecular flexibility index (Phi) is 6.89. The van der Waals surface area contributed by atoms with E-state index in [1.54, 1.807) is 18.2 Å². The van der Waals surface area contributed by atoms with Gasteiger partial charge >= 0.3 is 0 Å². The van der Waals surface area contributed by atoms with Gasteiger partial charge in [-0.25, -0.2) is 0 Å². The lowest BCUT2D eigenvalue weighted by Gasteiger charge is -2.35. The number of carbonyl (C=O) groups is 1. The quantitative estimate of drug-likeness (QED) is 0.530. The molecule has 2 aromatic carbocycles. The van der Waals surface area contributed by atoms with Crippen LogP contribution in [-0.4, -0.2) is 62.7 Å². The fourth-order valence-corrected chi connectivity index (χ4v) is 3.42. The lowest BCUT2D eigenvalue weighted by Crippen LogP contribution is -2.48. The molecule has 1 aliphatic heterocycles. The van der Waals surface area contributed by atoms with Crippen LogP contribution in [0.5, 0.6) is 11.5 Å². The van der Waals surface area contributed by atoms with Crippen molar-refractivity contribution in [1.82, 2.24) is 4.90 Å². The minimum Gasteiger partial charge on any atom is -0.493 e. The lowest BCUT2D eigenvalue weighted by atomic mass is 10.1. The third-order valence-corrected chi connectivity index (χ3v) is 5.08. The molecule has 0 aromatic heterocycles. The highest BCUT2D eigenvalue weighted by Gasteiger charge is 2.21. The van der Waals surface area contributed by atoms with Crippen LogP contribution in [0.15, 0.2) is 36.4 Å². The van der Waals surface area contributed by atoms with Gasteiger partial charge in [-0.2, -0.15) is 5.26 Å². The summed E-state index contributed by atoms with van der Waals surface area (Å²) in [6.07, 6.45) is 0. The first-order chi connectivity index (χ1) is 14.9. The van der Waals surface area contributed by atoms with Gasteiger partial charge in [0.05, 0.1) is 36.9 Å². The summed E-state index contributed by atoms with van der Waals surface area (Å²) < 4.78 is 10.4. The van der Waals surface area contributed by atoms with Gasteiger partial charge in [0.15, 0.2) is 11.5 Å². The van der Waals surface area contributed by atoms with Crippen molar-refractivity contribution in [2.24, 2.45) is 0 Å². The van der Waals surface area contributed by atoms with Crippen LogP contribution in [0.1, 0.15) is 5.56 Å². The van der Waals surface area contributed by atoms with Gasteiger partial charge in [0.25, 0.3) is 5.69 Å². The second kappa shape index (κ2) is 9.77. The maximum absolute atomic E-state index is 12.5. The number of hydrogen-bond donors (Lipinski definition) is 1. The standard InChI is InChI=1S/C21H23N5O5/c1-30-19-11-15(13-22)18(12-20(19)31-2)23-21(27)14-24-7-9-25(10-8-24)16-3-5-17(6-4-16)26(28)29/h3-6,11-12H,7-10,14H2,1-2H3,(H,23,27). The molecule has 1 aliphatic rings. The van der Waals surface area contributed by atoms with E-state index in [0.717, 1.165) is 5.69 Å². The van der Waals surface area contributed by atoms with Gasteiger partial charge in [0, 0.05) is 56.1 Å². The minimum atomic E-state index is -0.420. The Morgan fingerprint density at radius 2 is 1.74 bits per heavy atom. The van der Waals surface area contributed by atoms with E-state index in [4.69, 9.17) is 9.47 Å². The molecule has 0 saturated carbocycles. The zero-order valence-corrected chi connectivity index (χ0v) is 17.3. The predicted octanol–water partition coefficient (Wildman–Crippen LogP) is 2.24. The number of nitro groups is 1. The van der Waals surface area contributed by atoms with E-state index < -0.39 is 4.92 Å². The van der Waals surface area contributed by atoms with E-state index in [1.807, 2.05) is 4.90 Å². The topological polar surface area (TPSA) is 121 Å². The monoisotopic (exact) mass is 425 g/mol. The van der Waals surface area contributed by atoms with Crippen molar-refractivity contribution in [3.05, 3.63) is 52.1 Å². The maximum Gasteiger partial charge on any atom is 0.269 e. The molecule has 0 atom stereocenters. The highest BCUT2D eigenvalue weighted by molar-refractivity contribution is 5.94. The largest absolute Gasteiger partial charge is 0.493 e. The van der Waals surface area contributed by atoms with Crippen LogP contribution in [0.4, 0.5) is 17.1 Å². The first-order valence-corrected chi connectivity index (χ1v) is 9.63. The number of carbonyl (C=O) groups excluding carboxylic acids is 1. The minimum absolute atomic E-state index is 0.0611. The van der Waals surface area contributed by atoms with Gasteiger partial charge < -0.3 is 19.7 Å². The molecule has 1 saturated heterocycles. The van der Waals surface area contributed by atoms with Crippen LogP contribution >= 0.6 is 0 Å². The molecular formula is C21H23N5O5. The average molecular weight is 425 g/mol. The van der Waals surface area contributed by atoms with Crippen molar-refractivity contribution >= 4 is 23.0 Å². The van der Waals surface area contributed by atoms with Crippen molar-refractivity contribution in [1.29, 1.82) is 5.26 Å². The molecule has 0 radical (unpaired) electrons. The van der Waals surface area contributed by atoms with E-state index in [9.17, 15) is 20.2 Å². The number of non-ortho nitro benzene ring substituents is 1. The molecule has 31 heavy (non-hydrogen) atoms. The van der Waals surface area contributed by atoms with Gasteiger partial charge in [0.2, 0.25) is 5.91 Å². The van der Waals surface area contributed by atoms with Crippen molar-refractivity contribution in [3.8, 4) is 17.6 Å². The van der Waals surface area contributed by atoms with Crippen molar-refractivity contribution in [2.75, 3.05) is 57.2 Å². The molecule has 0 spiro atoms. The summed E-state index contributed by atoms with van der Waals surface area (Å²) in [5.41, 5.74) is 1.63. The summed E-state index contributed by atoms with van der Waals surface area (Å²) in [5.74, 6) is 0.612. The molecule has 1 amide bonds. The second-order valence-corrected chi connectivity index (χ2v) is 6.95. The molecular weight excluding hydrogens is 402 g/mol. The Labute approximate surface area is 179 Å². The normalized spacial score (nSPS) is 13.9. The number of piperazine rings is 1. The SMILES string of the molecule is COc1cc(C#N)c(NC(=O)CN2CCN(c3ccc([N+](=O)[O-])cc3)CC2)cc1OC. The van der Waals surface area contributed by atoms with Crippen molar-refractivity contribution in [3.63, 3.8) is 0 Å². The summed E-state index contributed by atoms with van der Waals surface area (Å²) in [6.45, 7) is 2.92. The van der Waals surface area contributed by atoms with E-state index >= 15 is 0 Å². The number of methoxy groups -OCH3 is 2. The summed E-state index contributed by atoms with van der Waals surface area (Å²) >= 11 is 0. The van der Waals surface area contributed by atoms with Crippen LogP contribution in [0, 0.1) is 21.4 Å². The number of anilines is 2. The lowest BCUT2D eigenvalue weighted by molar-refractivity contribution is -0.384. The second-order valence-electron chi connectivity index (χ2n) is 6.95. The highest BCUT2D eigenvalue weighted by Crippen LogP contribution is 2.33.